The van der Waals surface area contributed by atoms with Gasteiger partial charge in [0.2, 0.25) is 0 Å². The molecule has 3 heteroatoms. The summed E-state index contributed by atoms with van der Waals surface area (Å²) in [6, 6.07) is 11.3. The molecule has 0 atom stereocenters. The fourth-order valence-corrected chi connectivity index (χ4v) is 2.53. The predicted octanol–water partition coefficient (Wildman–Crippen LogP) is 3.54. The summed E-state index contributed by atoms with van der Waals surface area (Å²) >= 11 is 0. The molecule has 0 saturated heterocycles. The van der Waals surface area contributed by atoms with Gasteiger partial charge in [-0.3, -0.25) is 0 Å². The number of hydrogen-bond donors (Lipinski definition) is 1. The van der Waals surface area contributed by atoms with E-state index in [0.717, 1.165) is 36.4 Å². The minimum Gasteiger partial charge on any atom is -0.493 e. The van der Waals surface area contributed by atoms with Crippen molar-refractivity contribution in [1.82, 2.24) is 5.32 Å². The van der Waals surface area contributed by atoms with E-state index in [1.807, 2.05) is 37.3 Å². The first kappa shape index (κ1) is 13.1. The van der Waals surface area contributed by atoms with Crippen LogP contribution in [0.5, 0.6) is 5.75 Å². The van der Waals surface area contributed by atoms with Gasteiger partial charge in [0, 0.05) is 18.5 Å². The second-order valence-electron chi connectivity index (χ2n) is 5.02. The summed E-state index contributed by atoms with van der Waals surface area (Å²) in [5.74, 6) is 0.761. The van der Waals surface area contributed by atoms with Crippen molar-refractivity contribution >= 4 is 0 Å². The Hall–Kier alpha value is -1.87. The van der Waals surface area contributed by atoms with E-state index in [4.69, 9.17) is 4.74 Å². The van der Waals surface area contributed by atoms with Crippen LogP contribution in [0.1, 0.15) is 18.1 Å². The van der Waals surface area contributed by atoms with Crippen LogP contribution in [0.25, 0.3) is 11.1 Å². The summed E-state index contributed by atoms with van der Waals surface area (Å²) in [6.45, 7) is 4.35. The topological polar surface area (TPSA) is 21.3 Å². The predicted molar refractivity (Wildman–Crippen MR) is 78.4 cm³/mol. The van der Waals surface area contributed by atoms with Gasteiger partial charge in [0.15, 0.2) is 0 Å². The van der Waals surface area contributed by atoms with Gasteiger partial charge in [-0.05, 0) is 41.4 Å². The quantitative estimate of drug-likeness (QED) is 0.918. The molecule has 0 saturated carbocycles. The lowest BCUT2D eigenvalue weighted by molar-refractivity contribution is 0.357. The Balaban J connectivity index is 1.90. The van der Waals surface area contributed by atoms with E-state index in [1.165, 1.54) is 5.56 Å². The zero-order valence-electron chi connectivity index (χ0n) is 11.6. The zero-order valence-corrected chi connectivity index (χ0v) is 11.6. The standard InChI is InChI=1S/C17H18FNO/c1-2-19-11-12-3-5-15(16(18)9-12)13-4-6-17-14(10-13)7-8-20-17/h3-6,9-10,19H,2,7-8,11H2,1H3. The van der Waals surface area contributed by atoms with Gasteiger partial charge in [-0.1, -0.05) is 25.1 Å². The molecule has 0 fully saturated rings. The van der Waals surface area contributed by atoms with Crippen LogP contribution in [0.15, 0.2) is 36.4 Å². The summed E-state index contributed by atoms with van der Waals surface area (Å²) in [5.41, 5.74) is 3.71. The van der Waals surface area contributed by atoms with Crippen molar-refractivity contribution in [2.45, 2.75) is 19.9 Å². The molecule has 0 bridgehead atoms. The smallest absolute Gasteiger partial charge is 0.131 e. The molecule has 1 aliphatic heterocycles. The molecule has 0 radical (unpaired) electrons. The lowest BCUT2D eigenvalue weighted by Gasteiger charge is -2.08. The van der Waals surface area contributed by atoms with Gasteiger partial charge in [0.25, 0.3) is 0 Å². The maximum Gasteiger partial charge on any atom is 0.131 e. The van der Waals surface area contributed by atoms with Crippen molar-refractivity contribution in [3.63, 3.8) is 0 Å². The highest BCUT2D eigenvalue weighted by Crippen LogP contribution is 2.31. The average Bonchev–Trinajstić information content (AvgIpc) is 2.92. The fraction of sp³-hybridized carbons (Fsp3) is 0.294. The van der Waals surface area contributed by atoms with Crippen molar-refractivity contribution in [3.8, 4) is 16.9 Å². The molecule has 0 aliphatic carbocycles. The molecule has 104 valence electrons. The first-order chi connectivity index (χ1) is 9.78. The number of fused-ring (bicyclic) bond motifs is 1. The van der Waals surface area contributed by atoms with Gasteiger partial charge >= 0.3 is 0 Å². The second-order valence-corrected chi connectivity index (χ2v) is 5.02. The molecule has 2 aromatic carbocycles. The Morgan fingerprint density at radius 3 is 2.90 bits per heavy atom. The first-order valence-electron chi connectivity index (χ1n) is 7.03. The number of hydrogen-bond acceptors (Lipinski definition) is 2. The molecule has 0 unspecified atom stereocenters. The maximum absolute atomic E-state index is 14.3. The number of ether oxygens (including phenoxy) is 1. The monoisotopic (exact) mass is 271 g/mol. The minimum atomic E-state index is -0.167. The summed E-state index contributed by atoms with van der Waals surface area (Å²) in [4.78, 5) is 0. The van der Waals surface area contributed by atoms with E-state index >= 15 is 0 Å². The average molecular weight is 271 g/mol. The Morgan fingerprint density at radius 1 is 1.20 bits per heavy atom. The molecule has 0 aromatic heterocycles. The van der Waals surface area contributed by atoms with E-state index < -0.39 is 0 Å². The van der Waals surface area contributed by atoms with Crippen molar-refractivity contribution in [2.24, 2.45) is 0 Å². The van der Waals surface area contributed by atoms with E-state index in [2.05, 4.69) is 5.32 Å². The highest BCUT2D eigenvalue weighted by molar-refractivity contribution is 5.67. The summed E-state index contributed by atoms with van der Waals surface area (Å²) in [5, 5.41) is 3.20. The molecular weight excluding hydrogens is 253 g/mol. The van der Waals surface area contributed by atoms with Crippen LogP contribution < -0.4 is 10.1 Å². The van der Waals surface area contributed by atoms with Crippen LogP contribution >= 0.6 is 0 Å². The van der Waals surface area contributed by atoms with E-state index in [-0.39, 0.29) is 5.82 Å². The Morgan fingerprint density at radius 2 is 2.10 bits per heavy atom. The third kappa shape index (κ3) is 2.54. The van der Waals surface area contributed by atoms with Crippen molar-refractivity contribution in [2.75, 3.05) is 13.2 Å². The van der Waals surface area contributed by atoms with Gasteiger partial charge in [-0.25, -0.2) is 4.39 Å². The van der Waals surface area contributed by atoms with Crippen molar-refractivity contribution in [3.05, 3.63) is 53.3 Å². The molecule has 0 amide bonds. The Labute approximate surface area is 118 Å². The van der Waals surface area contributed by atoms with Gasteiger partial charge in [0.05, 0.1) is 6.61 Å². The largest absolute Gasteiger partial charge is 0.493 e. The Kier molecular flexibility index (Phi) is 3.70. The molecule has 3 rings (SSSR count). The zero-order chi connectivity index (χ0) is 13.9. The summed E-state index contributed by atoms with van der Waals surface area (Å²) < 4.78 is 19.7. The van der Waals surface area contributed by atoms with Crippen LogP contribution in [-0.2, 0) is 13.0 Å². The molecule has 20 heavy (non-hydrogen) atoms. The number of benzene rings is 2. The van der Waals surface area contributed by atoms with Crippen LogP contribution in [0.3, 0.4) is 0 Å². The van der Waals surface area contributed by atoms with Crippen LogP contribution in [-0.4, -0.2) is 13.2 Å². The van der Waals surface area contributed by atoms with Crippen LogP contribution in [0.4, 0.5) is 4.39 Å². The number of nitrogens with one attached hydrogen (secondary N) is 1. The van der Waals surface area contributed by atoms with E-state index in [0.29, 0.717) is 12.1 Å². The van der Waals surface area contributed by atoms with Gasteiger partial charge in [-0.2, -0.15) is 0 Å². The number of rotatable bonds is 4. The van der Waals surface area contributed by atoms with Crippen LogP contribution in [0, 0.1) is 5.82 Å². The van der Waals surface area contributed by atoms with Crippen LogP contribution in [0.2, 0.25) is 0 Å². The molecule has 0 spiro atoms. The second kappa shape index (κ2) is 5.63. The maximum atomic E-state index is 14.3. The molecule has 1 heterocycles. The van der Waals surface area contributed by atoms with E-state index in [9.17, 15) is 4.39 Å². The minimum absolute atomic E-state index is 0.167. The molecule has 1 N–H and O–H groups in total. The molecular formula is C17H18FNO. The van der Waals surface area contributed by atoms with Gasteiger partial charge in [-0.15, -0.1) is 0 Å². The molecule has 1 aliphatic rings. The fourth-order valence-electron chi connectivity index (χ4n) is 2.53. The van der Waals surface area contributed by atoms with Gasteiger partial charge in [0.1, 0.15) is 11.6 Å². The van der Waals surface area contributed by atoms with Crippen molar-refractivity contribution in [1.29, 1.82) is 0 Å². The highest BCUT2D eigenvalue weighted by Gasteiger charge is 2.14. The van der Waals surface area contributed by atoms with E-state index in [1.54, 1.807) is 6.07 Å². The van der Waals surface area contributed by atoms with Gasteiger partial charge < -0.3 is 10.1 Å². The Bertz CT molecular complexity index is 624. The first-order valence-corrected chi connectivity index (χ1v) is 7.03. The lowest BCUT2D eigenvalue weighted by Crippen LogP contribution is -2.11. The number of halogens is 1. The summed E-state index contributed by atoms with van der Waals surface area (Å²) in [6.07, 6.45) is 0.906. The molecule has 2 aromatic rings. The third-order valence-electron chi connectivity index (χ3n) is 3.61. The SMILES string of the molecule is CCNCc1ccc(-c2ccc3c(c2)CCO3)c(F)c1. The third-order valence-corrected chi connectivity index (χ3v) is 3.61. The highest BCUT2D eigenvalue weighted by atomic mass is 19.1. The lowest BCUT2D eigenvalue weighted by atomic mass is 10.00. The summed E-state index contributed by atoms with van der Waals surface area (Å²) in [7, 11) is 0. The van der Waals surface area contributed by atoms with Crippen molar-refractivity contribution < 1.29 is 9.13 Å². The molecule has 2 nitrogen and oxygen atoms in total. The normalized spacial score (nSPS) is 13.1.